The van der Waals surface area contributed by atoms with Gasteiger partial charge in [0.1, 0.15) is 19.0 Å². The summed E-state index contributed by atoms with van der Waals surface area (Å²) in [5.41, 5.74) is 1.60. The molecule has 0 spiro atoms. The van der Waals surface area contributed by atoms with Gasteiger partial charge in [0.05, 0.1) is 5.56 Å². The van der Waals surface area contributed by atoms with Crippen molar-refractivity contribution in [3.63, 3.8) is 0 Å². The highest BCUT2D eigenvalue weighted by Crippen LogP contribution is 2.39. The molecule has 6 nitrogen and oxygen atoms in total. The summed E-state index contributed by atoms with van der Waals surface area (Å²) in [5.74, 6) is 1.72. The number of carbonyl (C=O) groups excluding carboxylic acids is 2. The van der Waals surface area contributed by atoms with Crippen molar-refractivity contribution in [1.29, 1.82) is 0 Å². The molecule has 2 heterocycles. The number of rotatable bonds is 2. The van der Waals surface area contributed by atoms with Gasteiger partial charge in [-0.05, 0) is 24.5 Å². The first-order valence-corrected chi connectivity index (χ1v) is 8.70. The van der Waals surface area contributed by atoms with Crippen molar-refractivity contribution in [2.45, 2.75) is 33.6 Å². The average Bonchev–Trinajstić information content (AvgIpc) is 2.90. The van der Waals surface area contributed by atoms with Crippen molar-refractivity contribution >= 4 is 17.4 Å². The van der Waals surface area contributed by atoms with E-state index in [0.29, 0.717) is 60.1 Å². The second-order valence-electron chi connectivity index (χ2n) is 7.61. The Bertz CT molecular complexity index is 909. The lowest BCUT2D eigenvalue weighted by molar-refractivity contribution is 0.0898. The summed E-state index contributed by atoms with van der Waals surface area (Å²) < 4.78 is 16.8. The maximum absolute atomic E-state index is 12.7. The van der Waals surface area contributed by atoms with Crippen molar-refractivity contribution in [2.75, 3.05) is 18.5 Å². The number of ketones is 1. The van der Waals surface area contributed by atoms with Crippen LogP contribution in [0.4, 0.5) is 5.69 Å². The monoisotopic (exact) mass is 355 g/mol. The van der Waals surface area contributed by atoms with Crippen molar-refractivity contribution in [1.82, 2.24) is 0 Å². The molecule has 1 aromatic heterocycles. The Hall–Kier alpha value is -2.76. The van der Waals surface area contributed by atoms with Crippen molar-refractivity contribution in [3.05, 3.63) is 40.8 Å². The molecule has 0 atom stereocenters. The number of anilines is 1. The molecule has 1 amide bonds. The molecule has 0 radical (unpaired) electrons. The van der Waals surface area contributed by atoms with Crippen LogP contribution in [0.2, 0.25) is 0 Å². The van der Waals surface area contributed by atoms with Gasteiger partial charge in [-0.1, -0.05) is 13.8 Å². The molecule has 1 aliphatic carbocycles. The highest BCUT2D eigenvalue weighted by molar-refractivity contribution is 6.07. The number of Topliss-reactive ketones (excluding diaryl/α,β-unsaturated/α-hetero) is 1. The van der Waals surface area contributed by atoms with Crippen molar-refractivity contribution < 1.29 is 23.5 Å². The predicted octanol–water partition coefficient (Wildman–Crippen LogP) is 3.77. The number of carbonyl (C=O) groups is 2. The van der Waals surface area contributed by atoms with Crippen LogP contribution >= 0.6 is 0 Å². The Kier molecular flexibility index (Phi) is 3.79. The number of benzene rings is 1. The first-order valence-electron chi connectivity index (χ1n) is 8.70. The minimum absolute atomic E-state index is 0.0379. The first-order chi connectivity index (χ1) is 12.3. The fraction of sp³-hybridized carbons (Fsp3) is 0.400. The molecular formula is C20H21NO5. The average molecular weight is 355 g/mol. The largest absolute Gasteiger partial charge is 0.486 e. The molecule has 0 saturated heterocycles. The van der Waals surface area contributed by atoms with Gasteiger partial charge in [0.25, 0.3) is 5.91 Å². The number of nitrogens with one attached hydrogen (secondary N) is 1. The Morgan fingerprint density at radius 3 is 2.62 bits per heavy atom. The summed E-state index contributed by atoms with van der Waals surface area (Å²) >= 11 is 0. The molecule has 0 fully saturated rings. The molecule has 2 aromatic rings. The maximum atomic E-state index is 12.7. The van der Waals surface area contributed by atoms with Gasteiger partial charge < -0.3 is 19.2 Å². The van der Waals surface area contributed by atoms with Crippen LogP contribution in [0.15, 0.2) is 22.6 Å². The van der Waals surface area contributed by atoms with Gasteiger partial charge in [-0.15, -0.1) is 0 Å². The van der Waals surface area contributed by atoms with E-state index in [2.05, 4.69) is 5.32 Å². The minimum Gasteiger partial charge on any atom is -0.486 e. The summed E-state index contributed by atoms with van der Waals surface area (Å²) in [4.78, 5) is 25.2. The quantitative estimate of drug-likeness (QED) is 0.887. The predicted molar refractivity (Wildman–Crippen MR) is 95.3 cm³/mol. The SMILES string of the molecule is Cc1c(C(=O)Nc2ccc3c(c2)OCCO3)oc2c1C(=O)CC(C)(C)C2. The van der Waals surface area contributed by atoms with Gasteiger partial charge >= 0.3 is 0 Å². The van der Waals surface area contributed by atoms with E-state index in [0.717, 1.165) is 0 Å². The third kappa shape index (κ3) is 2.85. The lowest BCUT2D eigenvalue weighted by atomic mass is 9.76. The standard InChI is InChI=1S/C20H21NO5/c1-11-17-13(22)9-20(2,3)10-16(17)26-18(11)19(23)21-12-4-5-14-15(8-12)25-7-6-24-14/h4-5,8H,6-7,9-10H2,1-3H3,(H,21,23). The van der Waals surface area contributed by atoms with Gasteiger partial charge in [0, 0.05) is 30.2 Å². The zero-order valence-corrected chi connectivity index (χ0v) is 15.1. The number of amides is 1. The molecule has 0 bridgehead atoms. The molecule has 26 heavy (non-hydrogen) atoms. The fourth-order valence-corrected chi connectivity index (χ4v) is 3.61. The van der Waals surface area contributed by atoms with Crippen LogP contribution < -0.4 is 14.8 Å². The molecule has 1 aromatic carbocycles. The molecular weight excluding hydrogens is 334 g/mol. The van der Waals surface area contributed by atoms with E-state index < -0.39 is 0 Å². The van der Waals surface area contributed by atoms with Crippen LogP contribution in [0, 0.1) is 12.3 Å². The number of furan rings is 1. The van der Waals surface area contributed by atoms with E-state index in [1.165, 1.54) is 0 Å². The van der Waals surface area contributed by atoms with E-state index in [1.54, 1.807) is 25.1 Å². The molecule has 0 saturated carbocycles. The van der Waals surface area contributed by atoms with Crippen LogP contribution in [0.5, 0.6) is 11.5 Å². The van der Waals surface area contributed by atoms with E-state index >= 15 is 0 Å². The molecule has 1 aliphatic heterocycles. The molecule has 2 aliphatic rings. The summed E-state index contributed by atoms with van der Waals surface area (Å²) in [6.07, 6.45) is 1.11. The van der Waals surface area contributed by atoms with Gasteiger partial charge in [-0.3, -0.25) is 9.59 Å². The van der Waals surface area contributed by atoms with E-state index in [9.17, 15) is 9.59 Å². The van der Waals surface area contributed by atoms with E-state index in [-0.39, 0.29) is 22.9 Å². The summed E-state index contributed by atoms with van der Waals surface area (Å²) in [6.45, 7) is 6.81. The Morgan fingerprint density at radius 1 is 1.12 bits per heavy atom. The van der Waals surface area contributed by atoms with Crippen LogP contribution in [0.3, 0.4) is 0 Å². The number of ether oxygens (including phenoxy) is 2. The number of hydrogen-bond donors (Lipinski definition) is 1. The minimum atomic E-state index is -0.376. The summed E-state index contributed by atoms with van der Waals surface area (Å²) in [6, 6.07) is 5.23. The molecule has 6 heteroatoms. The fourth-order valence-electron chi connectivity index (χ4n) is 3.61. The Labute approximate surface area is 151 Å². The highest BCUT2D eigenvalue weighted by Gasteiger charge is 2.37. The molecule has 136 valence electrons. The molecule has 0 unspecified atom stereocenters. The topological polar surface area (TPSA) is 77.8 Å². The number of hydrogen-bond acceptors (Lipinski definition) is 5. The van der Waals surface area contributed by atoms with E-state index in [1.807, 2.05) is 13.8 Å². The zero-order chi connectivity index (χ0) is 18.5. The molecule has 1 N–H and O–H groups in total. The first kappa shape index (κ1) is 16.7. The van der Waals surface area contributed by atoms with Crippen molar-refractivity contribution in [2.24, 2.45) is 5.41 Å². The summed E-state index contributed by atoms with van der Waals surface area (Å²) in [5, 5.41) is 2.81. The molecule has 4 rings (SSSR count). The van der Waals surface area contributed by atoms with Crippen LogP contribution in [0.25, 0.3) is 0 Å². The summed E-state index contributed by atoms with van der Waals surface area (Å²) in [7, 11) is 0. The van der Waals surface area contributed by atoms with Gasteiger partial charge in [0.15, 0.2) is 23.0 Å². The van der Waals surface area contributed by atoms with Gasteiger partial charge in [-0.2, -0.15) is 0 Å². The lowest BCUT2D eigenvalue weighted by Crippen LogP contribution is -2.26. The highest BCUT2D eigenvalue weighted by atomic mass is 16.6. The van der Waals surface area contributed by atoms with Gasteiger partial charge in [0.2, 0.25) is 0 Å². The van der Waals surface area contributed by atoms with E-state index in [4.69, 9.17) is 13.9 Å². The third-order valence-electron chi connectivity index (χ3n) is 4.78. The van der Waals surface area contributed by atoms with Crippen LogP contribution in [0.1, 0.15) is 52.5 Å². The maximum Gasteiger partial charge on any atom is 0.291 e. The third-order valence-corrected chi connectivity index (χ3v) is 4.78. The van der Waals surface area contributed by atoms with Crippen LogP contribution in [-0.2, 0) is 6.42 Å². The second-order valence-corrected chi connectivity index (χ2v) is 7.61. The Morgan fingerprint density at radius 2 is 1.85 bits per heavy atom. The Balaban J connectivity index is 1.61. The smallest absolute Gasteiger partial charge is 0.291 e. The van der Waals surface area contributed by atoms with Gasteiger partial charge in [-0.25, -0.2) is 0 Å². The second kappa shape index (κ2) is 5.90. The number of fused-ring (bicyclic) bond motifs is 2. The van der Waals surface area contributed by atoms with Crippen LogP contribution in [-0.4, -0.2) is 24.9 Å². The normalized spacial score (nSPS) is 17.6. The lowest BCUT2D eigenvalue weighted by Gasteiger charge is -2.27. The van der Waals surface area contributed by atoms with Crippen molar-refractivity contribution in [3.8, 4) is 11.5 Å². The zero-order valence-electron chi connectivity index (χ0n) is 15.1.